The molecule has 0 aliphatic rings. The summed E-state index contributed by atoms with van der Waals surface area (Å²) in [5, 5.41) is 10.5. The number of hydrogen-bond acceptors (Lipinski definition) is 2. The number of unbranched alkanes of at least 4 members (excludes halogenated alkanes) is 2. The highest BCUT2D eigenvalue weighted by Gasteiger charge is 2.24. The van der Waals surface area contributed by atoms with E-state index in [-0.39, 0.29) is 0 Å². The van der Waals surface area contributed by atoms with E-state index in [1.165, 1.54) is 19.3 Å². The Labute approximate surface area is 105 Å². The molecule has 17 heavy (non-hydrogen) atoms. The number of likely N-dealkylation sites (N-methyl/N-ethyl adjacent to an activating group) is 1. The smallest absolute Gasteiger partial charge is 0.0994 e. The molecule has 1 aromatic carbocycles. The standard InChI is InChI=1S/C15H25NO/c1-4-5-9-12-16(3)13-15(2,17)14-10-7-6-8-11-14/h6-8,10-11,17H,4-5,9,12-13H2,1-3H3. The van der Waals surface area contributed by atoms with E-state index in [4.69, 9.17) is 0 Å². The number of aliphatic hydroxyl groups is 1. The zero-order valence-electron chi connectivity index (χ0n) is 11.3. The highest BCUT2D eigenvalue weighted by Crippen LogP contribution is 2.21. The third-order valence-electron chi connectivity index (χ3n) is 3.12. The second-order valence-corrected chi connectivity index (χ2v) is 5.08. The van der Waals surface area contributed by atoms with Crippen molar-refractivity contribution in [1.29, 1.82) is 0 Å². The molecular weight excluding hydrogens is 210 g/mol. The summed E-state index contributed by atoms with van der Waals surface area (Å²) < 4.78 is 0. The lowest BCUT2D eigenvalue weighted by atomic mass is 9.95. The van der Waals surface area contributed by atoms with Crippen molar-refractivity contribution in [1.82, 2.24) is 4.90 Å². The highest BCUT2D eigenvalue weighted by molar-refractivity contribution is 5.21. The predicted molar refractivity (Wildman–Crippen MR) is 73.0 cm³/mol. The molecule has 0 aromatic heterocycles. The first-order valence-electron chi connectivity index (χ1n) is 6.52. The van der Waals surface area contributed by atoms with Crippen LogP contribution in [0.2, 0.25) is 0 Å². The van der Waals surface area contributed by atoms with Gasteiger partial charge in [0.2, 0.25) is 0 Å². The van der Waals surface area contributed by atoms with Gasteiger partial charge in [-0.15, -0.1) is 0 Å². The Morgan fingerprint density at radius 1 is 1.18 bits per heavy atom. The fourth-order valence-electron chi connectivity index (χ4n) is 2.12. The number of hydrogen-bond donors (Lipinski definition) is 1. The summed E-state index contributed by atoms with van der Waals surface area (Å²) in [4.78, 5) is 2.21. The molecule has 0 radical (unpaired) electrons. The molecule has 0 bridgehead atoms. The molecule has 1 aromatic rings. The zero-order valence-corrected chi connectivity index (χ0v) is 11.3. The maximum Gasteiger partial charge on any atom is 0.0994 e. The summed E-state index contributed by atoms with van der Waals surface area (Å²) in [5.41, 5.74) is 0.227. The lowest BCUT2D eigenvalue weighted by molar-refractivity contribution is 0.0231. The van der Waals surface area contributed by atoms with Gasteiger partial charge in [0.15, 0.2) is 0 Å². The highest BCUT2D eigenvalue weighted by atomic mass is 16.3. The summed E-state index contributed by atoms with van der Waals surface area (Å²) in [7, 11) is 2.08. The molecule has 0 aliphatic heterocycles. The summed E-state index contributed by atoms with van der Waals surface area (Å²) in [5.74, 6) is 0. The van der Waals surface area contributed by atoms with Crippen molar-refractivity contribution in [2.75, 3.05) is 20.1 Å². The first kappa shape index (κ1) is 14.2. The van der Waals surface area contributed by atoms with Gasteiger partial charge < -0.3 is 10.0 Å². The van der Waals surface area contributed by atoms with Gasteiger partial charge in [-0.2, -0.15) is 0 Å². The van der Waals surface area contributed by atoms with Crippen molar-refractivity contribution in [2.45, 2.75) is 38.7 Å². The first-order chi connectivity index (χ1) is 8.06. The van der Waals surface area contributed by atoms with Gasteiger partial charge in [0.25, 0.3) is 0 Å². The van der Waals surface area contributed by atoms with E-state index in [0.717, 1.165) is 12.1 Å². The van der Waals surface area contributed by atoms with E-state index in [1.807, 2.05) is 37.3 Å². The summed E-state index contributed by atoms with van der Waals surface area (Å²) in [6.07, 6.45) is 3.71. The molecule has 0 fully saturated rings. The summed E-state index contributed by atoms with van der Waals surface area (Å²) in [6.45, 7) is 5.83. The minimum atomic E-state index is -0.762. The molecule has 2 nitrogen and oxygen atoms in total. The van der Waals surface area contributed by atoms with E-state index < -0.39 is 5.60 Å². The molecule has 0 amide bonds. The van der Waals surface area contributed by atoms with Crippen molar-refractivity contribution < 1.29 is 5.11 Å². The quantitative estimate of drug-likeness (QED) is 0.734. The normalized spacial score (nSPS) is 14.9. The van der Waals surface area contributed by atoms with Gasteiger partial charge in [-0.05, 0) is 32.5 Å². The van der Waals surface area contributed by atoms with Crippen LogP contribution in [-0.4, -0.2) is 30.1 Å². The second kappa shape index (κ2) is 6.77. The third kappa shape index (κ3) is 4.88. The van der Waals surface area contributed by atoms with Crippen LogP contribution >= 0.6 is 0 Å². The van der Waals surface area contributed by atoms with Crippen molar-refractivity contribution >= 4 is 0 Å². The van der Waals surface area contributed by atoms with Crippen LogP contribution in [0.5, 0.6) is 0 Å². The average Bonchev–Trinajstić information content (AvgIpc) is 2.30. The molecule has 2 heteroatoms. The maximum absolute atomic E-state index is 10.5. The third-order valence-corrected chi connectivity index (χ3v) is 3.12. The fraction of sp³-hybridized carbons (Fsp3) is 0.600. The van der Waals surface area contributed by atoms with E-state index in [9.17, 15) is 5.11 Å². The Hall–Kier alpha value is -0.860. The number of rotatable bonds is 7. The van der Waals surface area contributed by atoms with Crippen molar-refractivity contribution in [3.05, 3.63) is 35.9 Å². The van der Waals surface area contributed by atoms with E-state index in [2.05, 4.69) is 18.9 Å². The molecule has 0 saturated heterocycles. The molecule has 0 spiro atoms. The number of benzene rings is 1. The molecular formula is C15H25NO. The predicted octanol–water partition coefficient (Wildman–Crippen LogP) is 3.02. The maximum atomic E-state index is 10.5. The lowest BCUT2D eigenvalue weighted by Gasteiger charge is -2.29. The van der Waals surface area contributed by atoms with E-state index in [1.54, 1.807) is 0 Å². The van der Waals surface area contributed by atoms with Crippen LogP contribution in [0.1, 0.15) is 38.7 Å². The van der Waals surface area contributed by atoms with Crippen LogP contribution in [0, 0.1) is 0 Å². The van der Waals surface area contributed by atoms with Gasteiger partial charge in [0.1, 0.15) is 0 Å². The minimum absolute atomic E-state index is 0.681. The van der Waals surface area contributed by atoms with Crippen molar-refractivity contribution in [3.63, 3.8) is 0 Å². The summed E-state index contributed by atoms with van der Waals surface area (Å²) in [6, 6.07) is 9.89. The largest absolute Gasteiger partial charge is 0.384 e. The SMILES string of the molecule is CCCCCN(C)CC(C)(O)c1ccccc1. The lowest BCUT2D eigenvalue weighted by Crippen LogP contribution is -2.37. The van der Waals surface area contributed by atoms with Gasteiger partial charge >= 0.3 is 0 Å². The Balaban J connectivity index is 2.49. The molecule has 1 rings (SSSR count). The second-order valence-electron chi connectivity index (χ2n) is 5.08. The fourth-order valence-corrected chi connectivity index (χ4v) is 2.12. The van der Waals surface area contributed by atoms with Gasteiger partial charge in [-0.1, -0.05) is 50.1 Å². The Bertz CT molecular complexity index is 308. The van der Waals surface area contributed by atoms with Crippen LogP contribution < -0.4 is 0 Å². The minimum Gasteiger partial charge on any atom is -0.384 e. The molecule has 1 N–H and O–H groups in total. The van der Waals surface area contributed by atoms with Crippen LogP contribution in [0.3, 0.4) is 0 Å². The summed E-state index contributed by atoms with van der Waals surface area (Å²) >= 11 is 0. The van der Waals surface area contributed by atoms with Crippen LogP contribution in [0.4, 0.5) is 0 Å². The van der Waals surface area contributed by atoms with Gasteiger partial charge in [0, 0.05) is 6.54 Å². The molecule has 96 valence electrons. The molecule has 1 atom stereocenters. The average molecular weight is 235 g/mol. The molecule has 1 unspecified atom stereocenters. The van der Waals surface area contributed by atoms with E-state index in [0.29, 0.717) is 6.54 Å². The molecule has 0 saturated carbocycles. The van der Waals surface area contributed by atoms with Crippen LogP contribution in [0.25, 0.3) is 0 Å². The molecule has 0 aliphatic carbocycles. The first-order valence-corrected chi connectivity index (χ1v) is 6.52. The Morgan fingerprint density at radius 2 is 1.82 bits per heavy atom. The van der Waals surface area contributed by atoms with Crippen LogP contribution in [0.15, 0.2) is 30.3 Å². The Kier molecular flexibility index (Phi) is 5.66. The molecule has 0 heterocycles. The monoisotopic (exact) mass is 235 g/mol. The van der Waals surface area contributed by atoms with E-state index >= 15 is 0 Å². The van der Waals surface area contributed by atoms with Crippen molar-refractivity contribution in [3.8, 4) is 0 Å². The van der Waals surface area contributed by atoms with Gasteiger partial charge in [-0.3, -0.25) is 0 Å². The topological polar surface area (TPSA) is 23.5 Å². The van der Waals surface area contributed by atoms with Gasteiger partial charge in [0.05, 0.1) is 5.60 Å². The van der Waals surface area contributed by atoms with Crippen LogP contribution in [-0.2, 0) is 5.60 Å². The zero-order chi connectivity index (χ0) is 12.7. The number of nitrogens with zero attached hydrogens (tertiary/aromatic N) is 1. The van der Waals surface area contributed by atoms with Gasteiger partial charge in [-0.25, -0.2) is 0 Å². The Morgan fingerprint density at radius 3 is 2.41 bits per heavy atom. The van der Waals surface area contributed by atoms with Crippen molar-refractivity contribution in [2.24, 2.45) is 0 Å².